The average Bonchev–Trinajstić information content (AvgIpc) is 3.40. The standard InChI is InChI=1S/C23H21N3O5/c1-25-10-21(27)26-18(23(25)28)5-12-6-19-20(31-11-30-19)8-14(12)22(26)16-9-24-17-4-3-13(29-2)7-15(16)17/h3-4,6-9,18,22,24H,5,10-11H2,1-2H3/t18-,22-/m0/s1. The minimum absolute atomic E-state index is 0.0506. The summed E-state index contributed by atoms with van der Waals surface area (Å²) in [5.41, 5.74) is 3.80. The third kappa shape index (κ3) is 2.54. The Balaban J connectivity index is 1.60. The van der Waals surface area contributed by atoms with Crippen molar-refractivity contribution in [2.75, 3.05) is 27.5 Å². The number of piperazine rings is 1. The highest BCUT2D eigenvalue weighted by Crippen LogP contribution is 2.46. The lowest BCUT2D eigenvalue weighted by atomic mass is 9.82. The van der Waals surface area contributed by atoms with Gasteiger partial charge in [0.2, 0.25) is 18.6 Å². The van der Waals surface area contributed by atoms with E-state index in [4.69, 9.17) is 14.2 Å². The number of hydrogen-bond donors (Lipinski definition) is 1. The average molecular weight is 419 g/mol. The van der Waals surface area contributed by atoms with Crippen LogP contribution in [0.4, 0.5) is 0 Å². The summed E-state index contributed by atoms with van der Waals surface area (Å²) in [6, 6.07) is 8.73. The SMILES string of the molecule is COc1ccc2[nH]cc([C@@H]3c4cc5c(cc4C[C@H]4C(=O)N(C)CC(=O)N34)OCO5)c2c1. The van der Waals surface area contributed by atoms with Crippen LogP contribution in [-0.4, -0.2) is 60.1 Å². The molecule has 4 heterocycles. The van der Waals surface area contributed by atoms with Gasteiger partial charge in [0.15, 0.2) is 11.5 Å². The molecule has 1 fully saturated rings. The third-order valence-corrected chi connectivity index (χ3v) is 6.49. The van der Waals surface area contributed by atoms with Gasteiger partial charge in [0.05, 0.1) is 19.7 Å². The minimum Gasteiger partial charge on any atom is -0.497 e. The van der Waals surface area contributed by atoms with Gasteiger partial charge in [0.25, 0.3) is 0 Å². The quantitative estimate of drug-likeness (QED) is 0.689. The van der Waals surface area contributed by atoms with E-state index in [9.17, 15) is 9.59 Å². The molecule has 0 bridgehead atoms. The van der Waals surface area contributed by atoms with Crippen molar-refractivity contribution >= 4 is 22.7 Å². The molecule has 2 aromatic carbocycles. The normalized spacial score (nSPS) is 22.0. The van der Waals surface area contributed by atoms with Gasteiger partial charge in [-0.3, -0.25) is 9.59 Å². The second kappa shape index (κ2) is 6.41. The predicted octanol–water partition coefficient (Wildman–Crippen LogP) is 2.22. The lowest BCUT2D eigenvalue weighted by Crippen LogP contribution is -2.62. The summed E-state index contributed by atoms with van der Waals surface area (Å²) in [6.45, 7) is 0.234. The van der Waals surface area contributed by atoms with Crippen molar-refractivity contribution in [3.05, 3.63) is 53.2 Å². The number of carbonyl (C=O) groups is 2. The van der Waals surface area contributed by atoms with Crippen LogP contribution in [0, 0.1) is 0 Å². The highest BCUT2D eigenvalue weighted by Gasteiger charge is 2.47. The zero-order valence-corrected chi connectivity index (χ0v) is 17.2. The predicted molar refractivity (Wildman–Crippen MR) is 111 cm³/mol. The fraction of sp³-hybridized carbons (Fsp3) is 0.304. The molecule has 0 spiro atoms. The van der Waals surface area contributed by atoms with Crippen molar-refractivity contribution in [1.82, 2.24) is 14.8 Å². The van der Waals surface area contributed by atoms with Crippen molar-refractivity contribution in [2.24, 2.45) is 0 Å². The van der Waals surface area contributed by atoms with Crippen LogP contribution in [0.5, 0.6) is 17.2 Å². The lowest BCUT2D eigenvalue weighted by molar-refractivity contribution is -0.157. The number of rotatable bonds is 2. The molecule has 0 aliphatic carbocycles. The van der Waals surface area contributed by atoms with E-state index in [0.717, 1.165) is 33.3 Å². The number of H-pyrrole nitrogens is 1. The van der Waals surface area contributed by atoms with Gasteiger partial charge < -0.3 is 29.0 Å². The molecule has 0 unspecified atom stereocenters. The summed E-state index contributed by atoms with van der Waals surface area (Å²) < 4.78 is 16.6. The van der Waals surface area contributed by atoms with Crippen LogP contribution in [0.15, 0.2) is 36.5 Å². The molecule has 1 N–H and O–H groups in total. The molecule has 158 valence electrons. The van der Waals surface area contributed by atoms with Crippen molar-refractivity contribution in [3.63, 3.8) is 0 Å². The number of carbonyl (C=O) groups excluding carboxylic acids is 2. The third-order valence-electron chi connectivity index (χ3n) is 6.49. The van der Waals surface area contributed by atoms with Crippen molar-refractivity contribution in [1.29, 1.82) is 0 Å². The molecule has 2 atom stereocenters. The molecule has 6 rings (SSSR count). The van der Waals surface area contributed by atoms with Gasteiger partial charge in [-0.1, -0.05) is 0 Å². The number of benzene rings is 2. The number of nitrogens with one attached hydrogen (secondary N) is 1. The number of fused-ring (bicyclic) bond motifs is 4. The highest BCUT2D eigenvalue weighted by molar-refractivity contribution is 5.97. The summed E-state index contributed by atoms with van der Waals surface area (Å²) in [5, 5.41) is 0.952. The topological polar surface area (TPSA) is 84.1 Å². The summed E-state index contributed by atoms with van der Waals surface area (Å²) in [5.74, 6) is 1.94. The van der Waals surface area contributed by atoms with E-state index >= 15 is 0 Å². The Hall–Kier alpha value is -3.68. The maximum Gasteiger partial charge on any atom is 0.245 e. The second-order valence-electron chi connectivity index (χ2n) is 8.18. The zero-order chi connectivity index (χ0) is 21.3. The number of aromatic nitrogens is 1. The summed E-state index contributed by atoms with van der Waals surface area (Å²) >= 11 is 0. The molecular formula is C23H21N3O5. The van der Waals surface area contributed by atoms with E-state index in [0.29, 0.717) is 17.9 Å². The molecule has 0 saturated carbocycles. The number of likely N-dealkylation sites (N-methyl/N-ethyl adjacent to an activating group) is 1. The Morgan fingerprint density at radius 2 is 1.90 bits per heavy atom. The first-order chi connectivity index (χ1) is 15.0. The number of aromatic amines is 1. The molecule has 3 aromatic rings. The number of hydrogen-bond acceptors (Lipinski definition) is 5. The molecular weight excluding hydrogens is 398 g/mol. The van der Waals surface area contributed by atoms with E-state index < -0.39 is 12.1 Å². The van der Waals surface area contributed by atoms with Crippen LogP contribution in [0.2, 0.25) is 0 Å². The van der Waals surface area contributed by atoms with E-state index in [-0.39, 0.29) is 25.2 Å². The fourth-order valence-corrected chi connectivity index (χ4v) is 5.00. The Labute approximate surface area is 178 Å². The highest BCUT2D eigenvalue weighted by atomic mass is 16.7. The van der Waals surface area contributed by atoms with Gasteiger partial charge in [0, 0.05) is 36.1 Å². The lowest BCUT2D eigenvalue weighted by Gasteiger charge is -2.47. The van der Waals surface area contributed by atoms with E-state index in [1.807, 2.05) is 36.5 Å². The van der Waals surface area contributed by atoms with Crippen molar-refractivity contribution in [3.8, 4) is 17.2 Å². The fourth-order valence-electron chi connectivity index (χ4n) is 5.00. The largest absolute Gasteiger partial charge is 0.497 e. The first-order valence-corrected chi connectivity index (χ1v) is 10.2. The number of ether oxygens (including phenoxy) is 3. The molecule has 3 aliphatic heterocycles. The van der Waals surface area contributed by atoms with Crippen LogP contribution in [0.1, 0.15) is 22.7 Å². The maximum absolute atomic E-state index is 13.2. The van der Waals surface area contributed by atoms with Crippen molar-refractivity contribution in [2.45, 2.75) is 18.5 Å². The van der Waals surface area contributed by atoms with Gasteiger partial charge in [0.1, 0.15) is 11.8 Å². The molecule has 1 saturated heterocycles. The minimum atomic E-state index is -0.556. The van der Waals surface area contributed by atoms with E-state index in [1.54, 1.807) is 19.1 Å². The Bertz CT molecular complexity index is 1250. The molecule has 0 radical (unpaired) electrons. The van der Waals surface area contributed by atoms with Crippen LogP contribution in [-0.2, 0) is 16.0 Å². The molecule has 2 amide bonds. The van der Waals surface area contributed by atoms with Crippen LogP contribution in [0.25, 0.3) is 10.9 Å². The van der Waals surface area contributed by atoms with Crippen LogP contribution < -0.4 is 14.2 Å². The monoisotopic (exact) mass is 419 g/mol. The summed E-state index contributed by atoms with van der Waals surface area (Å²) in [6.07, 6.45) is 2.37. The number of methoxy groups -OCH3 is 1. The first kappa shape index (κ1) is 18.1. The van der Waals surface area contributed by atoms with Gasteiger partial charge in [-0.25, -0.2) is 0 Å². The van der Waals surface area contributed by atoms with Gasteiger partial charge in [-0.15, -0.1) is 0 Å². The van der Waals surface area contributed by atoms with Crippen LogP contribution >= 0.6 is 0 Å². The smallest absolute Gasteiger partial charge is 0.245 e. The zero-order valence-electron chi connectivity index (χ0n) is 17.2. The van der Waals surface area contributed by atoms with Gasteiger partial charge in [-0.2, -0.15) is 0 Å². The Kier molecular flexibility index (Phi) is 3.74. The summed E-state index contributed by atoms with van der Waals surface area (Å²) in [7, 11) is 3.31. The first-order valence-electron chi connectivity index (χ1n) is 10.2. The van der Waals surface area contributed by atoms with E-state index in [1.165, 1.54) is 4.90 Å². The Morgan fingerprint density at radius 3 is 2.71 bits per heavy atom. The molecule has 8 heteroatoms. The van der Waals surface area contributed by atoms with Gasteiger partial charge >= 0.3 is 0 Å². The number of nitrogens with zero attached hydrogens (tertiary/aromatic N) is 2. The maximum atomic E-state index is 13.2. The number of amides is 2. The van der Waals surface area contributed by atoms with Crippen LogP contribution in [0.3, 0.4) is 0 Å². The van der Waals surface area contributed by atoms with E-state index in [2.05, 4.69) is 4.98 Å². The van der Waals surface area contributed by atoms with Crippen molar-refractivity contribution < 1.29 is 23.8 Å². The molecule has 3 aliphatic rings. The molecule has 1 aromatic heterocycles. The second-order valence-corrected chi connectivity index (χ2v) is 8.18. The Morgan fingerprint density at radius 1 is 1.10 bits per heavy atom. The summed E-state index contributed by atoms with van der Waals surface area (Å²) in [4.78, 5) is 32.9. The van der Waals surface area contributed by atoms with Gasteiger partial charge in [-0.05, 0) is 41.5 Å². The molecule has 8 nitrogen and oxygen atoms in total. The molecule has 31 heavy (non-hydrogen) atoms.